The summed E-state index contributed by atoms with van der Waals surface area (Å²) in [6.45, 7) is 5.82. The summed E-state index contributed by atoms with van der Waals surface area (Å²) in [6, 6.07) is 1.64. The first-order valence-corrected chi connectivity index (χ1v) is 7.93. The van der Waals surface area contributed by atoms with Gasteiger partial charge in [0, 0.05) is 32.1 Å². The minimum Gasteiger partial charge on any atom is -0.460 e. The molecule has 1 aliphatic rings. The average Bonchev–Trinajstić information content (AvgIpc) is 2.37. The molecule has 1 aromatic heterocycles. The molecule has 0 amide bonds. The van der Waals surface area contributed by atoms with Gasteiger partial charge in [0.1, 0.15) is 11.4 Å². The zero-order chi connectivity index (χ0) is 17.3. The molecule has 2 heterocycles. The fraction of sp³-hybridized carbons (Fsp3) is 0.625. The second kappa shape index (κ2) is 6.59. The van der Waals surface area contributed by atoms with Gasteiger partial charge in [-0.25, -0.2) is 13.8 Å². The summed E-state index contributed by atoms with van der Waals surface area (Å²) in [5, 5.41) is 0.358. The van der Waals surface area contributed by atoms with Crippen LogP contribution in [0.2, 0.25) is 5.02 Å². The number of hydrogen-bond donors (Lipinski definition) is 0. The first-order chi connectivity index (χ1) is 10.6. The lowest BCUT2D eigenvalue weighted by Gasteiger charge is -2.33. The van der Waals surface area contributed by atoms with Gasteiger partial charge in [-0.15, -0.1) is 0 Å². The highest BCUT2D eigenvalue weighted by Gasteiger charge is 2.34. The molecule has 0 atom stereocenters. The minimum absolute atomic E-state index is 0.0718. The fourth-order valence-corrected chi connectivity index (χ4v) is 2.70. The van der Waals surface area contributed by atoms with E-state index in [1.54, 1.807) is 31.7 Å². The van der Waals surface area contributed by atoms with E-state index in [2.05, 4.69) is 4.98 Å². The topological polar surface area (TPSA) is 42.4 Å². The van der Waals surface area contributed by atoms with Gasteiger partial charge in [0.15, 0.2) is 0 Å². The van der Waals surface area contributed by atoms with Crippen LogP contribution in [0.1, 0.15) is 39.2 Å². The van der Waals surface area contributed by atoms with Gasteiger partial charge in [-0.2, -0.15) is 0 Å². The van der Waals surface area contributed by atoms with Gasteiger partial charge in [-0.05, 0) is 32.4 Å². The van der Waals surface area contributed by atoms with E-state index >= 15 is 0 Å². The summed E-state index contributed by atoms with van der Waals surface area (Å²) in [4.78, 5) is 17.8. The van der Waals surface area contributed by atoms with Crippen LogP contribution in [0.25, 0.3) is 0 Å². The number of nitrogens with zero attached hydrogens (tertiary/aromatic N) is 2. The lowest BCUT2D eigenvalue weighted by molar-refractivity contribution is -0.153. The molecule has 128 valence electrons. The number of pyridine rings is 1. The number of hydrogen-bond acceptors (Lipinski definition) is 4. The highest BCUT2D eigenvalue weighted by atomic mass is 35.5. The number of rotatable bonds is 3. The van der Waals surface area contributed by atoms with Gasteiger partial charge >= 0.3 is 5.97 Å². The molecule has 7 heteroatoms. The summed E-state index contributed by atoms with van der Waals surface area (Å²) in [6.07, 6.45) is 1.20. The predicted molar refractivity (Wildman–Crippen MR) is 85.2 cm³/mol. The van der Waals surface area contributed by atoms with Crippen LogP contribution in [0.15, 0.2) is 12.3 Å². The first-order valence-electron chi connectivity index (χ1n) is 7.55. The zero-order valence-electron chi connectivity index (χ0n) is 13.5. The summed E-state index contributed by atoms with van der Waals surface area (Å²) >= 11 is 6.21. The Balaban J connectivity index is 2.02. The quantitative estimate of drug-likeness (QED) is 0.779. The number of carbonyl (C=O) groups excluding carboxylic acids is 1. The number of ether oxygens (including phenoxy) is 1. The molecule has 0 N–H and O–H groups in total. The van der Waals surface area contributed by atoms with Gasteiger partial charge in [0.2, 0.25) is 0 Å². The van der Waals surface area contributed by atoms with Crippen LogP contribution in [0.4, 0.5) is 14.6 Å². The molecular weight excluding hydrogens is 326 g/mol. The van der Waals surface area contributed by atoms with Crippen molar-refractivity contribution in [2.75, 3.05) is 18.0 Å². The monoisotopic (exact) mass is 346 g/mol. The third-order valence-corrected chi connectivity index (χ3v) is 3.72. The maximum Gasteiger partial charge on any atom is 0.310 e. The third-order valence-electron chi connectivity index (χ3n) is 3.44. The zero-order valence-corrected chi connectivity index (χ0v) is 14.3. The molecule has 0 aliphatic carbocycles. The maximum atomic E-state index is 13.2. The van der Waals surface area contributed by atoms with E-state index in [9.17, 15) is 13.6 Å². The number of alkyl halides is 2. The van der Waals surface area contributed by atoms with Crippen molar-refractivity contribution >= 4 is 23.4 Å². The summed E-state index contributed by atoms with van der Waals surface area (Å²) in [5.41, 5.74) is 0.0862. The molecule has 0 radical (unpaired) electrons. The van der Waals surface area contributed by atoms with Crippen LogP contribution in [0.5, 0.6) is 0 Å². The summed E-state index contributed by atoms with van der Waals surface area (Å²) < 4.78 is 31.7. The Hall–Kier alpha value is -1.43. The molecule has 23 heavy (non-hydrogen) atoms. The number of anilines is 1. The van der Waals surface area contributed by atoms with Crippen LogP contribution in [0.3, 0.4) is 0 Å². The van der Waals surface area contributed by atoms with E-state index in [4.69, 9.17) is 16.3 Å². The van der Waals surface area contributed by atoms with Crippen molar-refractivity contribution in [1.82, 2.24) is 4.98 Å². The lowest BCUT2D eigenvalue weighted by atomic mass is 10.1. The van der Waals surface area contributed by atoms with Crippen LogP contribution >= 0.6 is 11.6 Å². The maximum absolute atomic E-state index is 13.2. The number of aromatic nitrogens is 1. The highest BCUT2D eigenvalue weighted by molar-refractivity contribution is 6.33. The Bertz CT molecular complexity index is 578. The van der Waals surface area contributed by atoms with Gasteiger partial charge < -0.3 is 9.64 Å². The number of carbonyl (C=O) groups is 1. The van der Waals surface area contributed by atoms with Crippen molar-refractivity contribution in [2.45, 2.75) is 51.6 Å². The van der Waals surface area contributed by atoms with Crippen LogP contribution in [-0.4, -0.2) is 35.6 Å². The molecule has 1 aliphatic heterocycles. The van der Waals surface area contributed by atoms with E-state index in [0.717, 1.165) is 0 Å². The van der Waals surface area contributed by atoms with Crippen molar-refractivity contribution in [3.05, 3.63) is 22.8 Å². The smallest absolute Gasteiger partial charge is 0.310 e. The van der Waals surface area contributed by atoms with Crippen LogP contribution in [-0.2, 0) is 16.0 Å². The molecule has 4 nitrogen and oxygen atoms in total. The molecule has 0 saturated carbocycles. The molecule has 1 fully saturated rings. The van der Waals surface area contributed by atoms with Crippen molar-refractivity contribution in [3.8, 4) is 0 Å². The Morgan fingerprint density at radius 1 is 1.39 bits per heavy atom. The Morgan fingerprint density at radius 3 is 2.52 bits per heavy atom. The number of halogens is 3. The van der Waals surface area contributed by atoms with Crippen molar-refractivity contribution < 1.29 is 18.3 Å². The fourth-order valence-electron chi connectivity index (χ4n) is 2.39. The third kappa shape index (κ3) is 5.30. The number of piperidine rings is 1. The van der Waals surface area contributed by atoms with Crippen molar-refractivity contribution in [1.29, 1.82) is 0 Å². The molecule has 1 aromatic rings. The van der Waals surface area contributed by atoms with E-state index in [0.29, 0.717) is 16.4 Å². The van der Waals surface area contributed by atoms with Gasteiger partial charge in [0.05, 0.1) is 11.4 Å². The van der Waals surface area contributed by atoms with E-state index in [1.807, 2.05) is 0 Å². The summed E-state index contributed by atoms with van der Waals surface area (Å²) in [7, 11) is 0. The van der Waals surface area contributed by atoms with Crippen molar-refractivity contribution in [3.63, 3.8) is 0 Å². The largest absolute Gasteiger partial charge is 0.460 e. The second-order valence-corrected chi connectivity index (χ2v) is 7.16. The second-order valence-electron chi connectivity index (χ2n) is 6.76. The predicted octanol–water partition coefficient (Wildman–Crippen LogP) is 3.85. The Labute approximate surface area is 139 Å². The molecule has 0 unspecified atom stereocenters. The average molecular weight is 347 g/mol. The molecular formula is C16H21ClF2N2O2. The van der Waals surface area contributed by atoms with E-state index < -0.39 is 11.5 Å². The molecule has 2 rings (SSSR count). The van der Waals surface area contributed by atoms with Gasteiger partial charge in [-0.1, -0.05) is 11.6 Å². The van der Waals surface area contributed by atoms with Crippen LogP contribution < -0.4 is 4.90 Å². The SMILES string of the molecule is CC(C)(C)OC(=O)Cc1cnc(N2CCC(F)(F)CC2)c(Cl)c1. The minimum atomic E-state index is -2.61. The van der Waals surface area contributed by atoms with Crippen LogP contribution in [0, 0.1) is 0 Å². The van der Waals surface area contributed by atoms with E-state index in [1.165, 1.54) is 6.20 Å². The lowest BCUT2D eigenvalue weighted by Crippen LogP contribution is -2.39. The van der Waals surface area contributed by atoms with Gasteiger partial charge in [-0.3, -0.25) is 4.79 Å². The number of esters is 1. The standard InChI is InChI=1S/C16H21ClF2N2O2/c1-15(2,3)23-13(22)9-11-8-12(17)14(20-10-11)21-6-4-16(18,19)5-7-21/h8,10H,4-7,9H2,1-3H3. The van der Waals surface area contributed by atoms with Gasteiger partial charge in [0.25, 0.3) is 5.92 Å². The van der Waals surface area contributed by atoms with Crippen molar-refractivity contribution in [2.24, 2.45) is 0 Å². The molecule has 1 saturated heterocycles. The highest BCUT2D eigenvalue weighted by Crippen LogP contribution is 2.32. The Kier molecular flexibility index (Phi) is 5.14. The first kappa shape index (κ1) is 17.9. The molecule has 0 spiro atoms. The molecule has 0 aromatic carbocycles. The summed E-state index contributed by atoms with van der Waals surface area (Å²) in [5.74, 6) is -2.49. The van der Waals surface area contributed by atoms with E-state index in [-0.39, 0.29) is 38.3 Å². The normalized spacial score (nSPS) is 17.9. The molecule has 0 bridgehead atoms. The Morgan fingerprint density at radius 2 is 2.00 bits per heavy atom.